The molecular weight excluding hydrogens is 253 g/mol. The minimum absolute atomic E-state index is 0.194. The first-order valence-corrected chi connectivity index (χ1v) is 7.06. The molecule has 108 valence electrons. The van der Waals surface area contributed by atoms with Gasteiger partial charge in [0.05, 0.1) is 5.69 Å². The summed E-state index contributed by atoms with van der Waals surface area (Å²) in [7, 11) is 1.87. The maximum atomic E-state index is 14.2. The number of rotatable bonds is 5. The van der Waals surface area contributed by atoms with Crippen LogP contribution in [0.15, 0.2) is 24.4 Å². The molecule has 0 radical (unpaired) electrons. The van der Waals surface area contributed by atoms with Gasteiger partial charge >= 0.3 is 0 Å². The zero-order valence-corrected chi connectivity index (χ0v) is 12.6. The predicted octanol–water partition coefficient (Wildman–Crippen LogP) is 3.46. The Kier molecular flexibility index (Phi) is 4.55. The topological polar surface area (TPSA) is 29.9 Å². The minimum atomic E-state index is -0.194. The first-order valence-electron chi connectivity index (χ1n) is 7.06. The maximum Gasteiger partial charge on any atom is 0.131 e. The molecule has 0 bridgehead atoms. The molecule has 0 aliphatic rings. The molecule has 4 heteroatoms. The van der Waals surface area contributed by atoms with Crippen molar-refractivity contribution >= 4 is 0 Å². The highest BCUT2D eigenvalue weighted by Crippen LogP contribution is 2.30. The van der Waals surface area contributed by atoms with Crippen molar-refractivity contribution in [1.82, 2.24) is 15.1 Å². The third kappa shape index (κ3) is 3.07. The summed E-state index contributed by atoms with van der Waals surface area (Å²) in [5, 5.41) is 7.72. The number of aryl methyl sites for hydroxylation is 1. The zero-order valence-electron chi connectivity index (χ0n) is 12.6. The highest BCUT2D eigenvalue weighted by Gasteiger charge is 2.16. The average Bonchev–Trinajstić information content (AvgIpc) is 2.80. The quantitative estimate of drug-likeness (QED) is 0.905. The summed E-state index contributed by atoms with van der Waals surface area (Å²) < 4.78 is 15.9. The van der Waals surface area contributed by atoms with Gasteiger partial charge in [-0.3, -0.25) is 4.68 Å². The molecule has 0 fully saturated rings. The van der Waals surface area contributed by atoms with E-state index in [9.17, 15) is 4.39 Å². The third-order valence-electron chi connectivity index (χ3n) is 3.30. The summed E-state index contributed by atoms with van der Waals surface area (Å²) in [5.41, 5.74) is 3.55. The van der Waals surface area contributed by atoms with E-state index in [2.05, 4.69) is 31.2 Å². The van der Waals surface area contributed by atoms with E-state index in [1.165, 1.54) is 0 Å². The van der Waals surface area contributed by atoms with Gasteiger partial charge in [0.1, 0.15) is 5.82 Å². The Morgan fingerprint density at radius 3 is 2.70 bits per heavy atom. The van der Waals surface area contributed by atoms with E-state index in [0.717, 1.165) is 29.9 Å². The Hall–Kier alpha value is -1.68. The van der Waals surface area contributed by atoms with Crippen LogP contribution in [0.2, 0.25) is 0 Å². The van der Waals surface area contributed by atoms with Gasteiger partial charge in [-0.25, -0.2) is 4.39 Å². The van der Waals surface area contributed by atoms with Gasteiger partial charge in [-0.1, -0.05) is 26.8 Å². The summed E-state index contributed by atoms with van der Waals surface area (Å²) in [6.45, 7) is 7.86. The summed E-state index contributed by atoms with van der Waals surface area (Å²) in [6.07, 6.45) is 1.89. The fraction of sp³-hybridized carbons (Fsp3) is 0.438. The van der Waals surface area contributed by atoms with Gasteiger partial charge in [-0.15, -0.1) is 0 Å². The molecule has 20 heavy (non-hydrogen) atoms. The van der Waals surface area contributed by atoms with Crippen molar-refractivity contribution in [3.8, 4) is 11.1 Å². The van der Waals surface area contributed by atoms with Gasteiger partial charge in [0.2, 0.25) is 0 Å². The fourth-order valence-electron chi connectivity index (χ4n) is 2.30. The van der Waals surface area contributed by atoms with E-state index in [0.29, 0.717) is 5.56 Å². The normalized spacial score (nSPS) is 11.3. The van der Waals surface area contributed by atoms with E-state index in [4.69, 9.17) is 0 Å². The molecule has 1 N–H and O–H groups in total. The molecule has 0 spiro atoms. The monoisotopic (exact) mass is 275 g/mol. The molecule has 0 saturated heterocycles. The van der Waals surface area contributed by atoms with Crippen molar-refractivity contribution < 1.29 is 4.39 Å². The lowest BCUT2D eigenvalue weighted by Gasteiger charge is -2.09. The van der Waals surface area contributed by atoms with Crippen LogP contribution in [0.1, 0.15) is 37.9 Å². The smallest absolute Gasteiger partial charge is 0.131 e. The second-order valence-corrected chi connectivity index (χ2v) is 5.35. The zero-order chi connectivity index (χ0) is 14.7. The summed E-state index contributed by atoms with van der Waals surface area (Å²) >= 11 is 0. The summed E-state index contributed by atoms with van der Waals surface area (Å²) in [5.74, 6) is 0.0724. The Morgan fingerprint density at radius 1 is 1.30 bits per heavy atom. The SMILES string of the molecule is CCNCc1ccc(F)c(-c2cn(C)nc2C(C)C)c1. The van der Waals surface area contributed by atoms with Crippen LogP contribution in [0.25, 0.3) is 11.1 Å². The Balaban J connectivity index is 2.46. The molecule has 0 aliphatic carbocycles. The van der Waals surface area contributed by atoms with Crippen LogP contribution in [0.5, 0.6) is 0 Å². The Labute approximate surface area is 119 Å². The molecular formula is C16H22FN3. The van der Waals surface area contributed by atoms with Gasteiger partial charge in [-0.05, 0) is 30.2 Å². The van der Waals surface area contributed by atoms with Crippen LogP contribution in [-0.2, 0) is 13.6 Å². The van der Waals surface area contributed by atoms with Gasteiger partial charge in [0.15, 0.2) is 0 Å². The molecule has 1 heterocycles. The van der Waals surface area contributed by atoms with Crippen LogP contribution in [-0.4, -0.2) is 16.3 Å². The van der Waals surface area contributed by atoms with Crippen LogP contribution in [0.3, 0.4) is 0 Å². The van der Waals surface area contributed by atoms with Crippen molar-refractivity contribution in [2.75, 3.05) is 6.54 Å². The number of nitrogens with one attached hydrogen (secondary N) is 1. The van der Waals surface area contributed by atoms with E-state index >= 15 is 0 Å². The molecule has 0 amide bonds. The lowest BCUT2D eigenvalue weighted by Crippen LogP contribution is -2.11. The number of hydrogen-bond acceptors (Lipinski definition) is 2. The molecule has 0 aliphatic heterocycles. The fourth-order valence-corrected chi connectivity index (χ4v) is 2.30. The van der Waals surface area contributed by atoms with Crippen LogP contribution in [0, 0.1) is 5.82 Å². The van der Waals surface area contributed by atoms with Crippen molar-refractivity contribution in [3.05, 3.63) is 41.5 Å². The van der Waals surface area contributed by atoms with Crippen molar-refractivity contribution in [1.29, 1.82) is 0 Å². The lowest BCUT2D eigenvalue weighted by atomic mass is 9.98. The number of hydrogen-bond donors (Lipinski definition) is 1. The van der Waals surface area contributed by atoms with Gasteiger partial charge in [0, 0.05) is 30.9 Å². The maximum absolute atomic E-state index is 14.2. The standard InChI is InChI=1S/C16H22FN3/c1-5-18-9-12-6-7-15(17)13(8-12)14-10-20(4)19-16(14)11(2)3/h6-8,10-11,18H,5,9H2,1-4H3. The largest absolute Gasteiger partial charge is 0.313 e. The summed E-state index contributed by atoms with van der Waals surface area (Å²) in [4.78, 5) is 0. The Bertz CT molecular complexity index is 587. The Morgan fingerprint density at radius 2 is 2.05 bits per heavy atom. The second kappa shape index (κ2) is 6.18. The third-order valence-corrected chi connectivity index (χ3v) is 3.30. The average molecular weight is 275 g/mol. The molecule has 0 unspecified atom stereocenters. The van der Waals surface area contributed by atoms with Gasteiger partial charge in [0.25, 0.3) is 0 Å². The van der Waals surface area contributed by atoms with E-state index in [-0.39, 0.29) is 11.7 Å². The second-order valence-electron chi connectivity index (χ2n) is 5.35. The van der Waals surface area contributed by atoms with E-state index in [1.54, 1.807) is 10.7 Å². The van der Waals surface area contributed by atoms with Crippen LogP contribution < -0.4 is 5.32 Å². The molecule has 3 nitrogen and oxygen atoms in total. The molecule has 0 saturated carbocycles. The number of halogens is 1. The van der Waals surface area contributed by atoms with Crippen molar-refractivity contribution in [2.45, 2.75) is 33.2 Å². The first-order chi connectivity index (χ1) is 9.52. The van der Waals surface area contributed by atoms with Crippen LogP contribution in [0.4, 0.5) is 4.39 Å². The van der Waals surface area contributed by atoms with E-state index < -0.39 is 0 Å². The predicted molar refractivity (Wildman–Crippen MR) is 80.1 cm³/mol. The minimum Gasteiger partial charge on any atom is -0.313 e. The van der Waals surface area contributed by atoms with Crippen molar-refractivity contribution in [3.63, 3.8) is 0 Å². The van der Waals surface area contributed by atoms with E-state index in [1.807, 2.05) is 25.4 Å². The molecule has 1 aromatic carbocycles. The number of benzene rings is 1. The number of aromatic nitrogens is 2. The molecule has 0 atom stereocenters. The lowest BCUT2D eigenvalue weighted by molar-refractivity contribution is 0.628. The highest BCUT2D eigenvalue weighted by atomic mass is 19.1. The summed E-state index contributed by atoms with van der Waals surface area (Å²) in [6, 6.07) is 5.28. The van der Waals surface area contributed by atoms with Gasteiger partial charge in [-0.2, -0.15) is 5.10 Å². The number of nitrogens with zero attached hydrogens (tertiary/aromatic N) is 2. The first kappa shape index (κ1) is 14.7. The molecule has 2 rings (SSSR count). The van der Waals surface area contributed by atoms with Crippen LogP contribution >= 0.6 is 0 Å². The van der Waals surface area contributed by atoms with Crippen molar-refractivity contribution in [2.24, 2.45) is 7.05 Å². The molecule has 1 aromatic heterocycles. The highest BCUT2D eigenvalue weighted by molar-refractivity contribution is 5.67. The molecule has 2 aromatic rings. The van der Waals surface area contributed by atoms with Gasteiger partial charge < -0.3 is 5.32 Å².